The molecule has 1 atom stereocenters. The quantitative estimate of drug-likeness (QED) is 0.638. The number of hydrogen-bond acceptors (Lipinski definition) is 4. The first-order valence-electron chi connectivity index (χ1n) is 5.73. The molecule has 0 unspecified atom stereocenters. The average Bonchev–Trinajstić information content (AvgIpc) is 2.48. The zero-order chi connectivity index (χ0) is 13.5. The molecule has 1 heterocycles. The molecule has 2 N–H and O–H groups in total. The van der Waals surface area contributed by atoms with Gasteiger partial charge in [0.25, 0.3) is 5.91 Å². The van der Waals surface area contributed by atoms with Gasteiger partial charge in [-0.3, -0.25) is 9.78 Å². The SMILES string of the molecule is O=C(N/N=C/c1cccnc1)[C@@H](O)c1ccccc1. The first kappa shape index (κ1) is 12.9. The van der Waals surface area contributed by atoms with Crippen molar-refractivity contribution in [2.24, 2.45) is 5.10 Å². The Balaban J connectivity index is 1.93. The van der Waals surface area contributed by atoms with E-state index in [-0.39, 0.29) is 0 Å². The van der Waals surface area contributed by atoms with Crippen LogP contribution in [0.2, 0.25) is 0 Å². The second-order valence-corrected chi connectivity index (χ2v) is 3.83. The summed E-state index contributed by atoms with van der Waals surface area (Å²) in [5.41, 5.74) is 3.57. The van der Waals surface area contributed by atoms with Crippen LogP contribution >= 0.6 is 0 Å². The number of amides is 1. The van der Waals surface area contributed by atoms with Gasteiger partial charge in [0.1, 0.15) is 0 Å². The molecule has 0 saturated carbocycles. The van der Waals surface area contributed by atoms with Gasteiger partial charge in [-0.05, 0) is 11.6 Å². The molecule has 2 aromatic rings. The van der Waals surface area contributed by atoms with E-state index in [4.69, 9.17) is 0 Å². The summed E-state index contributed by atoms with van der Waals surface area (Å²) < 4.78 is 0. The molecule has 1 amide bonds. The van der Waals surface area contributed by atoms with E-state index in [0.29, 0.717) is 5.56 Å². The van der Waals surface area contributed by atoms with Crippen molar-refractivity contribution >= 4 is 12.1 Å². The zero-order valence-electron chi connectivity index (χ0n) is 10.1. The normalized spacial score (nSPS) is 12.3. The summed E-state index contributed by atoms with van der Waals surface area (Å²) in [6, 6.07) is 12.2. The van der Waals surface area contributed by atoms with Crippen molar-refractivity contribution in [1.29, 1.82) is 0 Å². The summed E-state index contributed by atoms with van der Waals surface area (Å²) in [5, 5.41) is 13.6. The van der Waals surface area contributed by atoms with Gasteiger partial charge in [-0.25, -0.2) is 5.43 Å². The van der Waals surface area contributed by atoms with Gasteiger partial charge in [-0.15, -0.1) is 0 Å². The Morgan fingerprint density at radius 3 is 2.74 bits per heavy atom. The Labute approximate surface area is 110 Å². The van der Waals surface area contributed by atoms with Crippen LogP contribution in [0.4, 0.5) is 0 Å². The van der Waals surface area contributed by atoms with Crippen molar-refractivity contribution in [3.05, 3.63) is 66.0 Å². The van der Waals surface area contributed by atoms with Crippen molar-refractivity contribution in [3.8, 4) is 0 Å². The van der Waals surface area contributed by atoms with E-state index in [1.165, 1.54) is 6.21 Å². The highest BCUT2D eigenvalue weighted by Crippen LogP contribution is 2.11. The number of aromatic nitrogens is 1. The minimum atomic E-state index is -1.23. The smallest absolute Gasteiger partial charge is 0.273 e. The van der Waals surface area contributed by atoms with Crippen molar-refractivity contribution in [2.45, 2.75) is 6.10 Å². The van der Waals surface area contributed by atoms with Gasteiger partial charge in [0.15, 0.2) is 6.10 Å². The fraction of sp³-hybridized carbons (Fsp3) is 0.0714. The number of carbonyl (C=O) groups is 1. The third kappa shape index (κ3) is 3.72. The molecule has 0 aliphatic heterocycles. The van der Waals surface area contributed by atoms with E-state index < -0.39 is 12.0 Å². The third-order valence-electron chi connectivity index (χ3n) is 2.44. The second-order valence-electron chi connectivity index (χ2n) is 3.83. The molecule has 0 aliphatic rings. The van der Waals surface area contributed by atoms with E-state index in [1.54, 1.807) is 48.8 Å². The molecule has 1 aromatic heterocycles. The van der Waals surface area contributed by atoms with Gasteiger partial charge in [0.05, 0.1) is 6.21 Å². The van der Waals surface area contributed by atoms with Crippen LogP contribution < -0.4 is 5.43 Å². The number of pyridine rings is 1. The van der Waals surface area contributed by atoms with Crippen LogP contribution in [-0.2, 0) is 4.79 Å². The Bertz CT molecular complexity index is 555. The number of benzene rings is 1. The minimum absolute atomic E-state index is 0.525. The fourth-order valence-electron chi connectivity index (χ4n) is 1.47. The molecule has 5 nitrogen and oxygen atoms in total. The molecular formula is C14H13N3O2. The minimum Gasteiger partial charge on any atom is -0.378 e. The van der Waals surface area contributed by atoms with Gasteiger partial charge in [0, 0.05) is 18.0 Å². The van der Waals surface area contributed by atoms with Crippen LogP contribution in [0.25, 0.3) is 0 Å². The first-order valence-corrected chi connectivity index (χ1v) is 5.73. The fourth-order valence-corrected chi connectivity index (χ4v) is 1.47. The lowest BCUT2D eigenvalue weighted by molar-refractivity contribution is -0.129. The number of nitrogens with zero attached hydrogens (tertiary/aromatic N) is 2. The topological polar surface area (TPSA) is 74.6 Å². The van der Waals surface area contributed by atoms with E-state index in [9.17, 15) is 9.90 Å². The number of aliphatic hydroxyl groups excluding tert-OH is 1. The maximum absolute atomic E-state index is 11.6. The Morgan fingerprint density at radius 2 is 2.05 bits per heavy atom. The Morgan fingerprint density at radius 1 is 1.26 bits per heavy atom. The Kier molecular flexibility index (Phi) is 4.36. The van der Waals surface area contributed by atoms with E-state index in [1.807, 2.05) is 6.07 Å². The van der Waals surface area contributed by atoms with Crippen LogP contribution in [0, 0.1) is 0 Å². The first-order chi connectivity index (χ1) is 9.27. The summed E-state index contributed by atoms with van der Waals surface area (Å²) in [7, 11) is 0. The van der Waals surface area contributed by atoms with Gasteiger partial charge >= 0.3 is 0 Å². The monoisotopic (exact) mass is 255 g/mol. The highest BCUT2D eigenvalue weighted by atomic mass is 16.3. The molecule has 0 fully saturated rings. The van der Waals surface area contributed by atoms with Gasteiger partial charge in [-0.2, -0.15) is 5.10 Å². The number of hydrazone groups is 1. The van der Waals surface area contributed by atoms with E-state index >= 15 is 0 Å². The van der Waals surface area contributed by atoms with Crippen molar-refractivity contribution in [1.82, 2.24) is 10.4 Å². The lowest BCUT2D eigenvalue weighted by Gasteiger charge is -2.08. The molecule has 0 radical (unpaired) electrons. The summed E-state index contributed by atoms with van der Waals surface area (Å²) in [6.07, 6.45) is 3.49. The predicted molar refractivity (Wildman–Crippen MR) is 71.4 cm³/mol. The third-order valence-corrected chi connectivity index (χ3v) is 2.44. The lowest BCUT2D eigenvalue weighted by Crippen LogP contribution is -2.25. The number of hydrogen-bond donors (Lipinski definition) is 2. The lowest BCUT2D eigenvalue weighted by atomic mass is 10.1. The van der Waals surface area contributed by atoms with Crippen LogP contribution in [0.1, 0.15) is 17.2 Å². The molecule has 0 saturated heterocycles. The summed E-state index contributed by atoms with van der Waals surface area (Å²) >= 11 is 0. The summed E-state index contributed by atoms with van der Waals surface area (Å²) in [5.74, 6) is -0.577. The van der Waals surface area contributed by atoms with Gasteiger partial charge in [0.2, 0.25) is 0 Å². The van der Waals surface area contributed by atoms with Crippen molar-refractivity contribution in [2.75, 3.05) is 0 Å². The molecule has 0 bridgehead atoms. The number of aliphatic hydroxyl groups is 1. The van der Waals surface area contributed by atoms with Crippen LogP contribution in [0.3, 0.4) is 0 Å². The molecule has 2 rings (SSSR count). The average molecular weight is 255 g/mol. The Hall–Kier alpha value is -2.53. The number of carbonyl (C=O) groups excluding carboxylic acids is 1. The maximum Gasteiger partial charge on any atom is 0.273 e. The highest BCUT2D eigenvalue weighted by molar-refractivity contribution is 5.84. The highest BCUT2D eigenvalue weighted by Gasteiger charge is 2.15. The molecule has 96 valence electrons. The molecule has 0 spiro atoms. The molecule has 1 aromatic carbocycles. The maximum atomic E-state index is 11.6. The van der Waals surface area contributed by atoms with Crippen LogP contribution in [-0.4, -0.2) is 22.2 Å². The molecule has 19 heavy (non-hydrogen) atoms. The van der Waals surface area contributed by atoms with E-state index in [2.05, 4.69) is 15.5 Å². The zero-order valence-corrected chi connectivity index (χ0v) is 10.1. The summed E-state index contributed by atoms with van der Waals surface area (Å²) in [4.78, 5) is 15.6. The van der Waals surface area contributed by atoms with E-state index in [0.717, 1.165) is 5.56 Å². The molecular weight excluding hydrogens is 242 g/mol. The number of nitrogens with one attached hydrogen (secondary N) is 1. The van der Waals surface area contributed by atoms with Gasteiger partial charge < -0.3 is 5.11 Å². The summed E-state index contributed by atoms with van der Waals surface area (Å²) in [6.45, 7) is 0. The number of rotatable bonds is 4. The predicted octanol–water partition coefficient (Wildman–Crippen LogP) is 1.27. The van der Waals surface area contributed by atoms with Crippen LogP contribution in [0.5, 0.6) is 0 Å². The van der Waals surface area contributed by atoms with Crippen molar-refractivity contribution < 1.29 is 9.90 Å². The second kappa shape index (κ2) is 6.42. The van der Waals surface area contributed by atoms with Crippen LogP contribution in [0.15, 0.2) is 60.0 Å². The largest absolute Gasteiger partial charge is 0.378 e. The van der Waals surface area contributed by atoms with Gasteiger partial charge in [-0.1, -0.05) is 36.4 Å². The molecule has 0 aliphatic carbocycles. The standard InChI is InChI=1S/C14H13N3O2/c18-13(12-6-2-1-3-7-12)14(19)17-16-10-11-5-4-8-15-9-11/h1-10,13,18H,(H,17,19)/b16-10+/t13-/m0/s1. The molecule has 5 heteroatoms. The van der Waals surface area contributed by atoms with Crippen molar-refractivity contribution in [3.63, 3.8) is 0 Å².